The van der Waals surface area contributed by atoms with Gasteiger partial charge in [0.1, 0.15) is 11.9 Å². The Hall–Kier alpha value is -4.06. The van der Waals surface area contributed by atoms with Gasteiger partial charge in [0.05, 0.1) is 42.0 Å². The quantitative estimate of drug-likeness (QED) is 0.202. The molecule has 40 heavy (non-hydrogen) atoms. The lowest BCUT2D eigenvalue weighted by Gasteiger charge is -2.24. The van der Waals surface area contributed by atoms with Crippen LogP contribution in [0.15, 0.2) is 59.9 Å². The van der Waals surface area contributed by atoms with E-state index in [-0.39, 0.29) is 23.3 Å². The van der Waals surface area contributed by atoms with E-state index in [2.05, 4.69) is 4.98 Å². The fourth-order valence-electron chi connectivity index (χ4n) is 4.52. The van der Waals surface area contributed by atoms with Crippen molar-refractivity contribution in [1.82, 2.24) is 14.1 Å². The Kier molecular flexibility index (Phi) is 8.10. The maximum absolute atomic E-state index is 14.0. The summed E-state index contributed by atoms with van der Waals surface area (Å²) in [4.78, 5) is 17.7. The smallest absolute Gasteiger partial charge is 0.417 e. The maximum atomic E-state index is 14.0. The molecule has 0 aliphatic rings. The fraction of sp³-hybridized carbons (Fsp3) is 0.286. The predicted molar refractivity (Wildman–Crippen MR) is 134 cm³/mol. The first-order valence-electron chi connectivity index (χ1n) is 12.2. The number of benzene rings is 2. The highest BCUT2D eigenvalue weighted by atomic mass is 19.4. The first-order chi connectivity index (χ1) is 18.8. The molecule has 0 aliphatic heterocycles. The number of hydrogen-bond donors (Lipinski definition) is 1. The van der Waals surface area contributed by atoms with E-state index in [0.717, 1.165) is 5.69 Å². The number of ether oxygens (including phenoxy) is 1. The predicted octanol–water partition coefficient (Wildman–Crippen LogP) is 6.26. The summed E-state index contributed by atoms with van der Waals surface area (Å²) in [5.41, 5.74) is -1.82. The number of alkyl halides is 3. The zero-order valence-corrected chi connectivity index (χ0v) is 21.6. The molecular formula is C28H25F6N3O3. The van der Waals surface area contributed by atoms with Gasteiger partial charge in [0, 0.05) is 12.4 Å². The van der Waals surface area contributed by atoms with Gasteiger partial charge in [-0.25, -0.2) is 18.2 Å². The topological polar surface area (TPSA) is 69.3 Å². The second kappa shape index (κ2) is 11.2. The Morgan fingerprint density at radius 2 is 1.70 bits per heavy atom. The highest BCUT2D eigenvalue weighted by Gasteiger charge is 2.34. The highest BCUT2D eigenvalue weighted by molar-refractivity contribution is 5.50. The first-order valence-corrected chi connectivity index (χ1v) is 12.2. The van der Waals surface area contributed by atoms with Crippen molar-refractivity contribution in [3.05, 3.63) is 111 Å². The second-order valence-electron chi connectivity index (χ2n) is 9.25. The number of rotatable bonds is 8. The van der Waals surface area contributed by atoms with Gasteiger partial charge in [-0.15, -0.1) is 0 Å². The van der Waals surface area contributed by atoms with E-state index < -0.39 is 52.5 Å². The molecule has 4 aromatic rings. The maximum Gasteiger partial charge on any atom is 0.417 e. The number of aryl methyl sites for hydroxylation is 1. The van der Waals surface area contributed by atoms with E-state index in [9.17, 15) is 36.2 Å². The Bertz CT molecular complexity index is 1570. The van der Waals surface area contributed by atoms with Crippen LogP contribution in [-0.4, -0.2) is 26.3 Å². The Morgan fingerprint density at radius 3 is 2.25 bits per heavy atom. The van der Waals surface area contributed by atoms with Gasteiger partial charge in [-0.05, 0) is 54.8 Å². The van der Waals surface area contributed by atoms with Crippen molar-refractivity contribution in [3.63, 3.8) is 0 Å². The summed E-state index contributed by atoms with van der Waals surface area (Å²) >= 11 is 0. The van der Waals surface area contributed by atoms with Crippen molar-refractivity contribution < 1.29 is 36.2 Å². The van der Waals surface area contributed by atoms with E-state index in [1.54, 1.807) is 30.7 Å². The van der Waals surface area contributed by atoms with Crippen LogP contribution in [0.5, 0.6) is 5.75 Å². The van der Waals surface area contributed by atoms with Crippen LogP contribution in [0, 0.1) is 24.4 Å². The van der Waals surface area contributed by atoms with Crippen molar-refractivity contribution in [1.29, 1.82) is 0 Å². The van der Waals surface area contributed by atoms with E-state index >= 15 is 0 Å². The van der Waals surface area contributed by atoms with Crippen LogP contribution in [0.1, 0.15) is 59.9 Å². The van der Waals surface area contributed by atoms with E-state index in [1.165, 1.54) is 25.6 Å². The zero-order valence-electron chi connectivity index (χ0n) is 21.6. The molecule has 0 radical (unpaired) electrons. The zero-order chi connectivity index (χ0) is 29.4. The van der Waals surface area contributed by atoms with Crippen molar-refractivity contribution >= 4 is 0 Å². The summed E-state index contributed by atoms with van der Waals surface area (Å²) in [7, 11) is 1.37. The van der Waals surface area contributed by atoms with Crippen LogP contribution in [0.25, 0.3) is 5.69 Å². The minimum atomic E-state index is -4.93. The fourth-order valence-corrected chi connectivity index (χ4v) is 4.52. The van der Waals surface area contributed by atoms with Crippen LogP contribution in [0.4, 0.5) is 26.3 Å². The lowest BCUT2D eigenvalue weighted by Crippen LogP contribution is -2.31. The molecule has 0 saturated heterocycles. The van der Waals surface area contributed by atoms with Crippen molar-refractivity contribution in [3.8, 4) is 11.4 Å². The van der Waals surface area contributed by atoms with E-state index in [4.69, 9.17) is 4.74 Å². The van der Waals surface area contributed by atoms with Crippen molar-refractivity contribution in [2.24, 2.45) is 0 Å². The molecule has 0 amide bonds. The molecule has 6 nitrogen and oxygen atoms in total. The minimum absolute atomic E-state index is 0.00585. The van der Waals surface area contributed by atoms with Gasteiger partial charge in [0.25, 0.3) is 5.56 Å². The molecule has 0 spiro atoms. The molecule has 0 bridgehead atoms. The molecule has 212 valence electrons. The number of nitrogens with zero attached hydrogens (tertiary/aromatic N) is 3. The lowest BCUT2D eigenvalue weighted by atomic mass is 9.97. The largest absolute Gasteiger partial charge is 0.495 e. The number of hydrogen-bond acceptors (Lipinski definition) is 4. The van der Waals surface area contributed by atoms with Gasteiger partial charge in [-0.3, -0.25) is 4.79 Å². The van der Waals surface area contributed by atoms with Gasteiger partial charge >= 0.3 is 6.18 Å². The van der Waals surface area contributed by atoms with Crippen LogP contribution in [0.2, 0.25) is 0 Å². The molecule has 2 atom stereocenters. The Morgan fingerprint density at radius 1 is 1.02 bits per heavy atom. The van der Waals surface area contributed by atoms with Gasteiger partial charge in [0.2, 0.25) is 0 Å². The van der Waals surface area contributed by atoms with E-state index in [1.807, 2.05) is 0 Å². The monoisotopic (exact) mass is 565 g/mol. The molecule has 1 N–H and O–H groups in total. The molecule has 12 heteroatoms. The molecule has 0 saturated carbocycles. The Balaban J connectivity index is 1.88. The number of aliphatic hydroxyl groups is 1. The molecule has 0 fully saturated rings. The van der Waals surface area contributed by atoms with Crippen molar-refractivity contribution in [2.45, 2.75) is 45.0 Å². The van der Waals surface area contributed by atoms with Crippen LogP contribution in [0.3, 0.4) is 0 Å². The summed E-state index contributed by atoms with van der Waals surface area (Å²) in [6.45, 7) is 3.44. The number of pyridine rings is 1. The number of methoxy groups -OCH3 is 1. The van der Waals surface area contributed by atoms with Gasteiger partial charge in [0.15, 0.2) is 17.5 Å². The third-order valence-electron chi connectivity index (χ3n) is 6.49. The molecule has 2 aromatic carbocycles. The third kappa shape index (κ3) is 5.62. The van der Waals surface area contributed by atoms with Gasteiger partial charge in [-0.2, -0.15) is 13.2 Å². The highest BCUT2D eigenvalue weighted by Crippen LogP contribution is 2.35. The summed E-state index contributed by atoms with van der Waals surface area (Å²) in [5.74, 6) is -4.58. The van der Waals surface area contributed by atoms with Crippen molar-refractivity contribution in [2.75, 3.05) is 7.11 Å². The number of aliphatic hydroxyl groups excluding tert-OH is 1. The normalized spacial score (nSPS) is 13.3. The summed E-state index contributed by atoms with van der Waals surface area (Å²) < 4.78 is 91.3. The molecule has 0 aliphatic carbocycles. The van der Waals surface area contributed by atoms with Crippen LogP contribution < -0.4 is 10.3 Å². The summed E-state index contributed by atoms with van der Waals surface area (Å²) in [6, 6.07) is 4.90. The number of aromatic nitrogens is 3. The Labute approximate surface area is 225 Å². The standard InChI is InChI=1S/C28H25F6N3O3/c1-4-5-22(17-8-20(29)25(31)21(30)9-17)37-13-18(28(32,33)34)11-19(27(37)39)26(38)16-6-7-23(24(10-16)40-3)36-12-15(2)35-14-36/h6-14,22,26,38H,4-5H2,1-3H3. The average molecular weight is 566 g/mol. The second-order valence-corrected chi connectivity index (χ2v) is 9.25. The van der Waals surface area contributed by atoms with Gasteiger partial charge < -0.3 is 19.0 Å². The third-order valence-corrected chi connectivity index (χ3v) is 6.49. The lowest BCUT2D eigenvalue weighted by molar-refractivity contribution is -0.138. The number of imidazole rings is 1. The molecule has 4 rings (SSSR count). The van der Waals surface area contributed by atoms with Crippen LogP contribution >= 0.6 is 0 Å². The first kappa shape index (κ1) is 28.9. The SMILES string of the molecule is CCCC(c1cc(F)c(F)c(F)c1)n1cc(C(F)(F)F)cc(C(O)c2ccc(-n3cnc(C)c3)c(OC)c2)c1=O. The molecule has 2 unspecified atom stereocenters. The number of halogens is 6. The van der Waals surface area contributed by atoms with E-state index in [0.29, 0.717) is 41.1 Å². The molecule has 2 aromatic heterocycles. The summed E-state index contributed by atoms with van der Waals surface area (Å²) in [6.07, 6.45) is -2.67. The average Bonchev–Trinajstić information content (AvgIpc) is 3.35. The van der Waals surface area contributed by atoms with Crippen LogP contribution in [-0.2, 0) is 6.18 Å². The minimum Gasteiger partial charge on any atom is -0.495 e. The molecule has 2 heterocycles. The molecular weight excluding hydrogens is 540 g/mol. The summed E-state index contributed by atoms with van der Waals surface area (Å²) in [5, 5.41) is 11.2. The van der Waals surface area contributed by atoms with Gasteiger partial charge in [-0.1, -0.05) is 19.4 Å².